The molecule has 2 heterocycles. The van der Waals surface area contributed by atoms with Gasteiger partial charge in [0.2, 0.25) is 0 Å². The molecular formula is C31H38ClN3O5S. The van der Waals surface area contributed by atoms with Crippen molar-refractivity contribution in [2.24, 2.45) is 17.6 Å². The van der Waals surface area contributed by atoms with Gasteiger partial charge in [-0.1, -0.05) is 29.8 Å². The molecule has 2 bridgehead atoms. The lowest BCUT2D eigenvalue weighted by molar-refractivity contribution is -0.139. The number of rotatable bonds is 0. The van der Waals surface area contributed by atoms with E-state index in [9.17, 15) is 13.2 Å². The number of nitrogens with two attached hydrogens (primary N) is 1. The van der Waals surface area contributed by atoms with Gasteiger partial charge in [0.1, 0.15) is 11.4 Å². The normalized spacial score (nSPS) is 30.7. The largest absolute Gasteiger partial charge is 0.490 e. The van der Waals surface area contributed by atoms with Gasteiger partial charge in [-0.25, -0.2) is 13.1 Å². The van der Waals surface area contributed by atoms with E-state index in [0.29, 0.717) is 30.7 Å². The predicted octanol–water partition coefficient (Wildman–Crippen LogP) is 4.34. The monoisotopic (exact) mass is 599 g/mol. The first-order chi connectivity index (χ1) is 19.5. The van der Waals surface area contributed by atoms with Crippen molar-refractivity contribution in [2.75, 3.05) is 31.2 Å². The lowest BCUT2D eigenvalue weighted by atomic mass is 9.68. The van der Waals surface area contributed by atoms with Gasteiger partial charge < -0.3 is 20.1 Å². The fraction of sp³-hybridized carbons (Fsp3) is 0.516. The Bertz CT molecular complexity index is 1490. The van der Waals surface area contributed by atoms with E-state index in [-0.39, 0.29) is 23.0 Å². The highest BCUT2D eigenvalue weighted by molar-refractivity contribution is 7.90. The number of fused-ring (bicyclic) bond motifs is 4. The predicted molar refractivity (Wildman–Crippen MR) is 159 cm³/mol. The smallest absolute Gasteiger partial charge is 0.265 e. The molecule has 8 nitrogen and oxygen atoms in total. The molecule has 4 aliphatic rings. The summed E-state index contributed by atoms with van der Waals surface area (Å²) < 4.78 is 41.3. The van der Waals surface area contributed by atoms with Gasteiger partial charge in [-0.15, -0.1) is 0 Å². The van der Waals surface area contributed by atoms with Gasteiger partial charge in [0.25, 0.3) is 15.9 Å². The van der Waals surface area contributed by atoms with E-state index in [0.717, 1.165) is 49.4 Å². The van der Waals surface area contributed by atoms with Gasteiger partial charge in [0.05, 0.1) is 23.8 Å². The Hall–Kier alpha value is -2.59. The van der Waals surface area contributed by atoms with Gasteiger partial charge in [-0.3, -0.25) is 4.79 Å². The van der Waals surface area contributed by atoms with Crippen LogP contribution in [0.5, 0.6) is 5.75 Å². The van der Waals surface area contributed by atoms with Crippen LogP contribution < -0.4 is 20.1 Å². The molecule has 2 aliphatic carbocycles. The lowest BCUT2D eigenvalue weighted by Crippen LogP contribution is -2.50. The maximum atomic E-state index is 13.4. The molecule has 0 unspecified atom stereocenters. The van der Waals surface area contributed by atoms with Crippen molar-refractivity contribution in [1.82, 2.24) is 4.72 Å². The molecule has 3 N–H and O–H groups in total. The van der Waals surface area contributed by atoms with Gasteiger partial charge in [0, 0.05) is 29.6 Å². The van der Waals surface area contributed by atoms with Crippen LogP contribution in [0.4, 0.5) is 5.69 Å². The number of nitrogens with zero attached hydrogens (tertiary/aromatic N) is 1. The average Bonchev–Trinajstić information content (AvgIpc) is 3.05. The fourth-order valence-electron chi connectivity index (χ4n) is 6.85. The molecule has 1 spiro atoms. The van der Waals surface area contributed by atoms with E-state index in [1.54, 1.807) is 26.0 Å². The maximum absolute atomic E-state index is 13.4. The van der Waals surface area contributed by atoms with E-state index < -0.39 is 21.5 Å². The number of ether oxygens (including phenoxy) is 2. The molecular weight excluding hydrogens is 562 g/mol. The molecule has 0 saturated heterocycles. The van der Waals surface area contributed by atoms with Crippen LogP contribution in [-0.2, 0) is 31.4 Å². The zero-order valence-corrected chi connectivity index (χ0v) is 25.1. The van der Waals surface area contributed by atoms with Crippen LogP contribution in [0.2, 0.25) is 5.02 Å². The highest BCUT2D eigenvalue weighted by Crippen LogP contribution is 2.46. The Morgan fingerprint density at radius 2 is 1.98 bits per heavy atom. The highest BCUT2D eigenvalue weighted by Gasteiger charge is 2.44. The summed E-state index contributed by atoms with van der Waals surface area (Å²) in [5, 5.41) is 0.730. The van der Waals surface area contributed by atoms with Crippen LogP contribution in [-0.4, -0.2) is 52.3 Å². The number of amides is 1. The Morgan fingerprint density at radius 3 is 2.76 bits per heavy atom. The number of carbonyl (C=O) groups is 1. The minimum Gasteiger partial charge on any atom is -0.490 e. The summed E-state index contributed by atoms with van der Waals surface area (Å²) in [5.41, 5.74) is 8.22. The summed E-state index contributed by atoms with van der Waals surface area (Å²) in [5.74, 6) is 0.540. The van der Waals surface area contributed by atoms with E-state index in [1.807, 2.05) is 18.2 Å². The molecule has 41 heavy (non-hydrogen) atoms. The summed E-state index contributed by atoms with van der Waals surface area (Å²) in [4.78, 5) is 15.3. The molecule has 10 heteroatoms. The van der Waals surface area contributed by atoms with Crippen LogP contribution in [0.3, 0.4) is 0 Å². The van der Waals surface area contributed by atoms with Crippen LogP contribution in [0, 0.1) is 11.8 Å². The Kier molecular flexibility index (Phi) is 7.37. The summed E-state index contributed by atoms with van der Waals surface area (Å²) in [6, 6.07) is 10.9. The molecule has 0 aromatic heterocycles. The molecule has 220 valence electrons. The van der Waals surface area contributed by atoms with Crippen molar-refractivity contribution in [3.05, 3.63) is 64.7 Å². The van der Waals surface area contributed by atoms with Gasteiger partial charge in [-0.05, 0) is 99.2 Å². The van der Waals surface area contributed by atoms with E-state index in [2.05, 4.69) is 21.8 Å². The van der Waals surface area contributed by atoms with Crippen LogP contribution in [0.1, 0.15) is 50.7 Å². The Labute approximate surface area is 247 Å². The Balaban J connectivity index is 1.44. The van der Waals surface area contributed by atoms with Crippen LogP contribution >= 0.6 is 11.6 Å². The lowest BCUT2D eigenvalue weighted by Gasteiger charge is -2.45. The van der Waals surface area contributed by atoms with Crippen molar-refractivity contribution >= 4 is 33.2 Å². The quantitative estimate of drug-likeness (QED) is 0.434. The van der Waals surface area contributed by atoms with Crippen molar-refractivity contribution in [3.63, 3.8) is 0 Å². The van der Waals surface area contributed by atoms with Gasteiger partial charge in [-0.2, -0.15) is 0 Å². The van der Waals surface area contributed by atoms with E-state index >= 15 is 0 Å². The first-order valence-electron chi connectivity index (χ1n) is 14.4. The summed E-state index contributed by atoms with van der Waals surface area (Å²) >= 11 is 6.38. The van der Waals surface area contributed by atoms with Gasteiger partial charge >= 0.3 is 0 Å². The van der Waals surface area contributed by atoms with Crippen LogP contribution in [0.15, 0.2) is 53.4 Å². The number of halogens is 1. The summed E-state index contributed by atoms with van der Waals surface area (Å²) in [7, 11) is -4.16. The van der Waals surface area contributed by atoms with Crippen molar-refractivity contribution in [2.45, 2.75) is 67.9 Å². The third-order valence-electron chi connectivity index (χ3n) is 9.42. The second kappa shape index (κ2) is 10.6. The number of carbonyl (C=O) groups excluding carboxylic acids is 1. The van der Waals surface area contributed by atoms with Gasteiger partial charge in [0.15, 0.2) is 0 Å². The molecule has 6 rings (SSSR count). The molecule has 2 aromatic rings. The minimum atomic E-state index is -4.16. The second-order valence-electron chi connectivity index (χ2n) is 12.5. The highest BCUT2D eigenvalue weighted by atomic mass is 35.5. The van der Waals surface area contributed by atoms with Crippen molar-refractivity contribution in [1.29, 1.82) is 0 Å². The molecule has 2 aliphatic heterocycles. The second-order valence-corrected chi connectivity index (χ2v) is 14.6. The zero-order chi connectivity index (χ0) is 29.0. The number of anilines is 1. The van der Waals surface area contributed by atoms with E-state index in [1.165, 1.54) is 17.2 Å². The zero-order valence-electron chi connectivity index (χ0n) is 23.6. The first-order valence-corrected chi connectivity index (χ1v) is 16.3. The standard InChI is InChI=1S/C31H38ClN3O5S/c1-30(2)29(36)34-41(37,38)23-9-12-28-27(16-23)35(17-21-7-10-24(21)26(33)6-4-14-40-30)18-31(19-39-28)13-3-5-20-15-22(32)8-11-25(20)31/h4,6,8-9,11-12,15-16,21,24,26H,3,5,7,10,13-14,17-19,33H2,1-2H3,(H,34,36)/t21-,24+,26-,31-/m0/s1. The number of hydrogen-bond donors (Lipinski definition) is 2. The Morgan fingerprint density at radius 1 is 1.15 bits per heavy atom. The van der Waals surface area contributed by atoms with Crippen LogP contribution in [0.25, 0.3) is 0 Å². The molecule has 0 radical (unpaired) electrons. The molecule has 1 saturated carbocycles. The molecule has 1 fully saturated rings. The minimum absolute atomic E-state index is 0.00891. The topological polar surface area (TPSA) is 111 Å². The number of nitrogens with one attached hydrogen (secondary N) is 1. The molecule has 2 aromatic carbocycles. The third-order valence-corrected chi connectivity index (χ3v) is 11.0. The number of aryl methyl sites for hydroxylation is 1. The number of hydrogen-bond acceptors (Lipinski definition) is 7. The molecule has 4 atom stereocenters. The van der Waals surface area contributed by atoms with Crippen molar-refractivity contribution in [3.8, 4) is 5.75 Å². The average molecular weight is 600 g/mol. The van der Waals surface area contributed by atoms with E-state index in [4.69, 9.17) is 26.8 Å². The number of benzene rings is 2. The first kappa shape index (κ1) is 28.5. The number of sulfonamides is 1. The summed E-state index contributed by atoms with van der Waals surface area (Å²) in [6.07, 6.45) is 8.81. The SMILES string of the molecule is CC1(C)OCC=C[C@H](N)[C@@H]2CC[C@H]2CN2C[C@@]3(CCCc4cc(Cl)ccc43)COc3ccc(cc32)S(=O)(=O)NC1=O. The maximum Gasteiger partial charge on any atom is 0.265 e. The fourth-order valence-corrected chi connectivity index (χ4v) is 8.17. The summed E-state index contributed by atoms with van der Waals surface area (Å²) in [6.45, 7) is 5.15. The molecule has 1 amide bonds. The van der Waals surface area contributed by atoms with Crippen molar-refractivity contribution < 1.29 is 22.7 Å². The third kappa shape index (κ3) is 5.38.